The van der Waals surface area contributed by atoms with Crippen molar-refractivity contribution in [3.63, 3.8) is 0 Å². The summed E-state index contributed by atoms with van der Waals surface area (Å²) in [6.07, 6.45) is 3.38. The van der Waals surface area contributed by atoms with Crippen LogP contribution in [0.1, 0.15) is 27.9 Å². The molecule has 2 aromatic rings. The Morgan fingerprint density at radius 1 is 1.14 bits per heavy atom. The number of Topliss-reactive ketones (excluding diaryl/α,β-unsaturated/α-hetero) is 1. The molecule has 2 aromatic carbocycles. The summed E-state index contributed by atoms with van der Waals surface area (Å²) in [5.74, 6) is 1.04. The molecule has 0 saturated carbocycles. The topological polar surface area (TPSA) is 46.5 Å². The van der Waals surface area contributed by atoms with Crippen LogP contribution in [0.5, 0.6) is 11.5 Å². The number of hydrogen-bond acceptors (Lipinski definition) is 3. The lowest BCUT2D eigenvalue weighted by Gasteiger charge is -2.18. The molecule has 3 nitrogen and oxygen atoms in total. The molecular weight excluding hydrogens is 264 g/mol. The number of allylic oxidation sites excluding steroid dienone is 1. The van der Waals surface area contributed by atoms with Crippen molar-refractivity contribution in [2.24, 2.45) is 0 Å². The Morgan fingerprint density at radius 3 is 2.76 bits per heavy atom. The highest BCUT2D eigenvalue weighted by molar-refractivity contribution is 6.13. The van der Waals surface area contributed by atoms with Gasteiger partial charge in [0.15, 0.2) is 5.78 Å². The maximum Gasteiger partial charge on any atom is 0.189 e. The summed E-state index contributed by atoms with van der Waals surface area (Å²) in [5.41, 5.74) is 3.40. The van der Waals surface area contributed by atoms with E-state index in [1.54, 1.807) is 25.3 Å². The van der Waals surface area contributed by atoms with Gasteiger partial charge in [0, 0.05) is 11.1 Å². The van der Waals surface area contributed by atoms with Gasteiger partial charge in [-0.1, -0.05) is 12.1 Å². The largest absolute Gasteiger partial charge is 0.508 e. The van der Waals surface area contributed by atoms with Gasteiger partial charge in [0.1, 0.15) is 11.5 Å². The van der Waals surface area contributed by atoms with Crippen molar-refractivity contribution < 1.29 is 14.6 Å². The van der Waals surface area contributed by atoms with E-state index in [1.165, 1.54) is 0 Å². The Labute approximate surface area is 123 Å². The number of ketones is 1. The van der Waals surface area contributed by atoms with Crippen LogP contribution in [0.2, 0.25) is 0 Å². The van der Waals surface area contributed by atoms with Crippen LogP contribution in [0.15, 0.2) is 48.0 Å². The SMILES string of the molecule is COc1ccc2c(c1)CC/C(=C/c1cccc(O)c1)C2=O. The number of ether oxygens (including phenoxy) is 1. The van der Waals surface area contributed by atoms with Gasteiger partial charge in [0.2, 0.25) is 0 Å². The van der Waals surface area contributed by atoms with Crippen molar-refractivity contribution in [1.82, 2.24) is 0 Å². The maximum absolute atomic E-state index is 12.5. The smallest absolute Gasteiger partial charge is 0.189 e. The van der Waals surface area contributed by atoms with Gasteiger partial charge in [-0.25, -0.2) is 0 Å². The molecule has 106 valence electrons. The van der Waals surface area contributed by atoms with Crippen LogP contribution in [0, 0.1) is 0 Å². The second-order valence-electron chi connectivity index (χ2n) is 5.12. The fourth-order valence-electron chi connectivity index (χ4n) is 2.63. The highest BCUT2D eigenvalue weighted by Crippen LogP contribution is 2.29. The molecule has 0 amide bonds. The number of carbonyl (C=O) groups excluding carboxylic acids is 1. The van der Waals surface area contributed by atoms with E-state index < -0.39 is 0 Å². The Hall–Kier alpha value is -2.55. The van der Waals surface area contributed by atoms with E-state index in [4.69, 9.17) is 4.74 Å². The van der Waals surface area contributed by atoms with Gasteiger partial charge in [-0.05, 0) is 60.4 Å². The number of hydrogen-bond donors (Lipinski definition) is 1. The van der Waals surface area contributed by atoms with Crippen molar-refractivity contribution >= 4 is 11.9 Å². The molecule has 1 aliphatic rings. The highest BCUT2D eigenvalue weighted by atomic mass is 16.5. The molecule has 3 heteroatoms. The fraction of sp³-hybridized carbons (Fsp3) is 0.167. The molecule has 0 unspecified atom stereocenters. The zero-order chi connectivity index (χ0) is 14.8. The molecule has 0 aromatic heterocycles. The average molecular weight is 280 g/mol. The van der Waals surface area contributed by atoms with Gasteiger partial charge in [0.05, 0.1) is 7.11 Å². The van der Waals surface area contributed by atoms with Gasteiger partial charge < -0.3 is 9.84 Å². The lowest BCUT2D eigenvalue weighted by molar-refractivity contribution is 0.102. The lowest BCUT2D eigenvalue weighted by Crippen LogP contribution is -2.14. The molecule has 1 aliphatic carbocycles. The number of carbonyl (C=O) groups is 1. The first-order chi connectivity index (χ1) is 10.2. The van der Waals surface area contributed by atoms with E-state index >= 15 is 0 Å². The average Bonchev–Trinajstić information content (AvgIpc) is 2.50. The lowest BCUT2D eigenvalue weighted by atomic mass is 9.86. The molecule has 0 aliphatic heterocycles. The summed E-state index contributed by atoms with van der Waals surface area (Å²) in [5, 5.41) is 9.50. The molecule has 0 heterocycles. The van der Waals surface area contributed by atoms with Crippen molar-refractivity contribution in [2.45, 2.75) is 12.8 Å². The summed E-state index contributed by atoms with van der Waals surface area (Å²) in [6, 6.07) is 12.5. The van der Waals surface area contributed by atoms with Crippen molar-refractivity contribution in [3.8, 4) is 11.5 Å². The predicted octanol–water partition coefficient (Wildman–Crippen LogP) is 3.61. The third kappa shape index (κ3) is 2.68. The maximum atomic E-state index is 12.5. The van der Waals surface area contributed by atoms with Crippen LogP contribution in [-0.2, 0) is 6.42 Å². The summed E-state index contributed by atoms with van der Waals surface area (Å²) >= 11 is 0. The van der Waals surface area contributed by atoms with Gasteiger partial charge >= 0.3 is 0 Å². The van der Waals surface area contributed by atoms with E-state index in [0.717, 1.165) is 34.4 Å². The van der Waals surface area contributed by atoms with Crippen molar-refractivity contribution in [2.75, 3.05) is 7.11 Å². The molecule has 0 saturated heterocycles. The minimum Gasteiger partial charge on any atom is -0.508 e. The number of phenols is 1. The number of methoxy groups -OCH3 is 1. The third-order valence-corrected chi connectivity index (χ3v) is 3.72. The second kappa shape index (κ2) is 5.44. The van der Waals surface area contributed by atoms with Gasteiger partial charge in [0.25, 0.3) is 0 Å². The molecular formula is C18H16O3. The van der Waals surface area contributed by atoms with E-state index in [9.17, 15) is 9.90 Å². The summed E-state index contributed by atoms with van der Waals surface area (Å²) in [7, 11) is 1.62. The van der Waals surface area contributed by atoms with E-state index in [1.807, 2.05) is 30.3 Å². The molecule has 0 fully saturated rings. The van der Waals surface area contributed by atoms with Crippen molar-refractivity contribution in [1.29, 1.82) is 0 Å². The summed E-state index contributed by atoms with van der Waals surface area (Å²) in [6.45, 7) is 0. The monoisotopic (exact) mass is 280 g/mol. The van der Waals surface area contributed by atoms with E-state index in [2.05, 4.69) is 0 Å². The Morgan fingerprint density at radius 2 is 2.00 bits per heavy atom. The van der Waals surface area contributed by atoms with Crippen LogP contribution >= 0.6 is 0 Å². The predicted molar refractivity (Wildman–Crippen MR) is 81.7 cm³/mol. The Bertz CT molecular complexity index is 729. The zero-order valence-corrected chi connectivity index (χ0v) is 11.8. The Kier molecular flexibility index (Phi) is 3.48. The molecule has 0 atom stereocenters. The Balaban J connectivity index is 1.95. The van der Waals surface area contributed by atoms with Crippen LogP contribution < -0.4 is 4.74 Å². The molecule has 0 radical (unpaired) electrons. The fourth-order valence-corrected chi connectivity index (χ4v) is 2.63. The van der Waals surface area contributed by atoms with Crippen LogP contribution in [0.25, 0.3) is 6.08 Å². The molecule has 0 spiro atoms. The molecule has 21 heavy (non-hydrogen) atoms. The van der Waals surface area contributed by atoms with Crippen LogP contribution in [0.4, 0.5) is 0 Å². The van der Waals surface area contributed by atoms with Gasteiger partial charge in [-0.3, -0.25) is 4.79 Å². The highest BCUT2D eigenvalue weighted by Gasteiger charge is 2.22. The number of fused-ring (bicyclic) bond motifs is 1. The first-order valence-electron chi connectivity index (χ1n) is 6.88. The van der Waals surface area contributed by atoms with Crippen LogP contribution in [0.3, 0.4) is 0 Å². The normalized spacial score (nSPS) is 15.9. The van der Waals surface area contributed by atoms with Gasteiger partial charge in [-0.2, -0.15) is 0 Å². The van der Waals surface area contributed by atoms with E-state index in [0.29, 0.717) is 6.42 Å². The first-order valence-corrected chi connectivity index (χ1v) is 6.88. The summed E-state index contributed by atoms with van der Waals surface area (Å²) < 4.78 is 5.20. The minimum absolute atomic E-state index is 0.0576. The van der Waals surface area contributed by atoms with Crippen molar-refractivity contribution in [3.05, 3.63) is 64.7 Å². The number of benzene rings is 2. The summed E-state index contributed by atoms with van der Waals surface area (Å²) in [4.78, 5) is 12.5. The first kappa shape index (κ1) is 13.4. The van der Waals surface area contributed by atoms with E-state index in [-0.39, 0.29) is 11.5 Å². The standard InChI is InChI=1S/C18H16O3/c1-21-16-7-8-17-13(11-16)5-6-14(18(17)20)9-12-3-2-4-15(19)10-12/h2-4,7-11,19H,5-6H2,1H3/b14-9-. The molecule has 3 rings (SSSR count). The number of phenolic OH excluding ortho intramolecular Hbond substituents is 1. The molecule has 1 N–H and O–H groups in total. The quantitative estimate of drug-likeness (QED) is 0.855. The number of aryl methyl sites for hydroxylation is 1. The van der Waals surface area contributed by atoms with Crippen LogP contribution in [-0.4, -0.2) is 18.0 Å². The zero-order valence-electron chi connectivity index (χ0n) is 11.8. The third-order valence-electron chi connectivity index (χ3n) is 3.72. The number of aromatic hydroxyl groups is 1. The number of rotatable bonds is 2. The second-order valence-corrected chi connectivity index (χ2v) is 5.12. The van der Waals surface area contributed by atoms with Gasteiger partial charge in [-0.15, -0.1) is 0 Å². The molecule has 0 bridgehead atoms. The minimum atomic E-state index is 0.0576.